The van der Waals surface area contributed by atoms with Gasteiger partial charge in [0.2, 0.25) is 5.91 Å². The summed E-state index contributed by atoms with van der Waals surface area (Å²) in [6.45, 7) is 0.483. The number of nitrogens with two attached hydrogens (primary N) is 1. The van der Waals surface area contributed by atoms with E-state index in [1.807, 2.05) is 30.3 Å². The van der Waals surface area contributed by atoms with Crippen LogP contribution in [-0.2, 0) is 6.54 Å². The average Bonchev–Trinajstić information content (AvgIpc) is 3.55. The van der Waals surface area contributed by atoms with Gasteiger partial charge in [0.05, 0.1) is 30.1 Å². The molecule has 0 aliphatic rings. The summed E-state index contributed by atoms with van der Waals surface area (Å²) in [4.78, 5) is 24.0. The predicted octanol–water partition coefficient (Wildman–Crippen LogP) is 2.55. The van der Waals surface area contributed by atoms with Gasteiger partial charge in [0.15, 0.2) is 5.69 Å². The summed E-state index contributed by atoms with van der Waals surface area (Å²) in [5, 5.41) is 21.7. The standard InChI is InChI=1S/C22H18N8O2/c23-21(31)14-3-1-13(2-4-14)11-30-12-17(10-26-30)27-22(32)20-18-6-5-15(7-19(18)28-29-20)16-8-24-25-9-16/h1-10,12H,11H2,(H2,23,31)(H,24,25)(H,27,32)(H,28,29). The third-order valence-electron chi connectivity index (χ3n) is 5.08. The second kappa shape index (κ2) is 7.84. The lowest BCUT2D eigenvalue weighted by Crippen LogP contribution is -2.12. The number of amides is 2. The summed E-state index contributed by atoms with van der Waals surface area (Å²) in [5.74, 6) is -0.804. The Balaban J connectivity index is 1.29. The second-order valence-electron chi connectivity index (χ2n) is 7.26. The molecule has 0 fully saturated rings. The molecule has 32 heavy (non-hydrogen) atoms. The molecule has 0 unspecified atom stereocenters. The maximum absolute atomic E-state index is 12.8. The van der Waals surface area contributed by atoms with Gasteiger partial charge >= 0.3 is 0 Å². The minimum absolute atomic E-state index is 0.300. The number of hydrogen-bond donors (Lipinski definition) is 4. The SMILES string of the molecule is NC(=O)c1ccc(Cn2cc(NC(=O)c3n[nH]c4cc(-c5cn[nH]c5)ccc34)cn2)cc1. The van der Waals surface area contributed by atoms with Gasteiger partial charge in [-0.25, -0.2) is 0 Å². The number of nitrogens with one attached hydrogen (secondary N) is 3. The minimum Gasteiger partial charge on any atom is -0.366 e. The fourth-order valence-corrected chi connectivity index (χ4v) is 3.45. The van der Waals surface area contributed by atoms with Gasteiger partial charge in [0, 0.05) is 28.9 Å². The molecule has 3 aromatic heterocycles. The van der Waals surface area contributed by atoms with Crippen molar-refractivity contribution in [1.29, 1.82) is 0 Å². The van der Waals surface area contributed by atoms with Gasteiger partial charge in [0.1, 0.15) is 0 Å². The van der Waals surface area contributed by atoms with Crippen LogP contribution in [0.15, 0.2) is 67.3 Å². The van der Waals surface area contributed by atoms with Gasteiger partial charge < -0.3 is 11.1 Å². The summed E-state index contributed by atoms with van der Waals surface area (Å²) >= 11 is 0. The molecule has 0 atom stereocenters. The lowest BCUT2D eigenvalue weighted by Gasteiger charge is -2.03. The number of H-pyrrole nitrogens is 2. The molecular weight excluding hydrogens is 408 g/mol. The van der Waals surface area contributed by atoms with E-state index in [0.717, 1.165) is 27.6 Å². The first-order valence-corrected chi connectivity index (χ1v) is 9.76. The largest absolute Gasteiger partial charge is 0.366 e. The van der Waals surface area contributed by atoms with Crippen LogP contribution < -0.4 is 11.1 Å². The van der Waals surface area contributed by atoms with Crippen molar-refractivity contribution in [3.05, 3.63) is 84.1 Å². The lowest BCUT2D eigenvalue weighted by molar-refractivity contribution is 0.0997. The van der Waals surface area contributed by atoms with Gasteiger partial charge in [-0.15, -0.1) is 0 Å². The molecule has 0 aliphatic carbocycles. The zero-order chi connectivity index (χ0) is 22.1. The number of nitrogens with zero attached hydrogens (tertiary/aromatic N) is 4. The number of hydrogen-bond acceptors (Lipinski definition) is 5. The summed E-state index contributed by atoms with van der Waals surface area (Å²) < 4.78 is 1.69. The van der Waals surface area contributed by atoms with Crippen molar-refractivity contribution in [2.45, 2.75) is 6.54 Å². The molecule has 0 bridgehead atoms. The van der Waals surface area contributed by atoms with Crippen LogP contribution in [0.5, 0.6) is 0 Å². The van der Waals surface area contributed by atoms with Crippen LogP contribution in [0, 0.1) is 0 Å². The number of fused-ring (bicyclic) bond motifs is 1. The normalized spacial score (nSPS) is 11.0. The Labute approximate surface area is 181 Å². The Morgan fingerprint density at radius 3 is 2.66 bits per heavy atom. The summed E-state index contributed by atoms with van der Waals surface area (Å²) in [6.07, 6.45) is 6.83. The van der Waals surface area contributed by atoms with Gasteiger partial charge in [-0.1, -0.05) is 18.2 Å². The van der Waals surface area contributed by atoms with E-state index in [1.165, 1.54) is 0 Å². The molecule has 0 radical (unpaired) electrons. The lowest BCUT2D eigenvalue weighted by atomic mass is 10.1. The predicted molar refractivity (Wildman–Crippen MR) is 118 cm³/mol. The summed E-state index contributed by atoms with van der Waals surface area (Å²) in [5.41, 5.74) is 10.2. The first-order valence-electron chi connectivity index (χ1n) is 9.76. The Hall–Kier alpha value is -4.73. The monoisotopic (exact) mass is 426 g/mol. The summed E-state index contributed by atoms with van der Waals surface area (Å²) in [7, 11) is 0. The van der Waals surface area contributed by atoms with Gasteiger partial charge in [-0.2, -0.15) is 15.3 Å². The molecule has 0 saturated carbocycles. The molecule has 0 spiro atoms. The van der Waals surface area contributed by atoms with E-state index in [9.17, 15) is 9.59 Å². The third-order valence-corrected chi connectivity index (χ3v) is 5.08. The molecule has 5 aromatic rings. The van der Waals surface area contributed by atoms with Crippen molar-refractivity contribution >= 4 is 28.4 Å². The van der Waals surface area contributed by atoms with Crippen LogP contribution >= 0.6 is 0 Å². The smallest absolute Gasteiger partial charge is 0.276 e. The highest BCUT2D eigenvalue weighted by Gasteiger charge is 2.16. The maximum Gasteiger partial charge on any atom is 0.276 e. The van der Waals surface area contributed by atoms with Crippen molar-refractivity contribution in [2.24, 2.45) is 5.73 Å². The highest BCUT2D eigenvalue weighted by Crippen LogP contribution is 2.24. The van der Waals surface area contributed by atoms with Crippen molar-refractivity contribution in [2.75, 3.05) is 5.32 Å². The number of aromatic nitrogens is 6. The van der Waals surface area contributed by atoms with Gasteiger partial charge in [-0.05, 0) is 35.4 Å². The highest BCUT2D eigenvalue weighted by atomic mass is 16.2. The van der Waals surface area contributed by atoms with Crippen LogP contribution in [0.2, 0.25) is 0 Å². The number of carbonyl (C=O) groups excluding carboxylic acids is 2. The van der Waals surface area contributed by atoms with Crippen molar-refractivity contribution in [1.82, 2.24) is 30.2 Å². The average molecular weight is 426 g/mol. The third kappa shape index (κ3) is 3.72. The van der Waals surface area contributed by atoms with E-state index in [-0.39, 0.29) is 5.91 Å². The van der Waals surface area contributed by atoms with Crippen molar-refractivity contribution in [3.63, 3.8) is 0 Å². The van der Waals surface area contributed by atoms with Gasteiger partial charge in [-0.3, -0.25) is 24.5 Å². The second-order valence-corrected chi connectivity index (χ2v) is 7.26. The Bertz CT molecular complexity index is 1410. The fraction of sp³-hybridized carbons (Fsp3) is 0.0455. The first kappa shape index (κ1) is 19.2. The van der Waals surface area contributed by atoms with E-state index < -0.39 is 5.91 Å². The minimum atomic E-state index is -0.468. The Morgan fingerprint density at radius 2 is 1.91 bits per heavy atom. The van der Waals surface area contributed by atoms with E-state index in [0.29, 0.717) is 23.5 Å². The number of anilines is 1. The van der Waals surface area contributed by atoms with Crippen LogP contribution in [0.3, 0.4) is 0 Å². The maximum atomic E-state index is 12.8. The number of rotatable bonds is 6. The van der Waals surface area contributed by atoms with E-state index in [2.05, 4.69) is 30.8 Å². The summed E-state index contributed by atoms with van der Waals surface area (Å²) in [6, 6.07) is 12.7. The molecule has 5 N–H and O–H groups in total. The van der Waals surface area contributed by atoms with Crippen LogP contribution in [0.25, 0.3) is 22.0 Å². The number of carbonyl (C=O) groups is 2. The zero-order valence-electron chi connectivity index (χ0n) is 16.7. The zero-order valence-corrected chi connectivity index (χ0v) is 16.7. The highest BCUT2D eigenvalue weighted by molar-refractivity contribution is 6.11. The molecule has 158 valence electrons. The molecule has 2 amide bonds. The number of benzene rings is 2. The molecule has 10 heteroatoms. The Kier molecular flexibility index (Phi) is 4.71. The molecule has 0 aliphatic heterocycles. The number of aromatic amines is 2. The molecule has 5 rings (SSSR count). The quantitative estimate of drug-likeness (QED) is 0.329. The van der Waals surface area contributed by atoms with Crippen LogP contribution in [0.1, 0.15) is 26.4 Å². The molecule has 2 aromatic carbocycles. The molecule has 0 saturated heterocycles. The van der Waals surface area contributed by atoms with Gasteiger partial charge in [0.25, 0.3) is 5.91 Å². The molecule has 10 nitrogen and oxygen atoms in total. The van der Waals surface area contributed by atoms with Crippen LogP contribution in [-0.4, -0.2) is 42.0 Å². The van der Waals surface area contributed by atoms with E-state index in [4.69, 9.17) is 5.73 Å². The van der Waals surface area contributed by atoms with E-state index in [1.54, 1.807) is 41.6 Å². The molecular formula is C22H18N8O2. The number of primary amides is 1. The van der Waals surface area contributed by atoms with Crippen LogP contribution in [0.4, 0.5) is 5.69 Å². The van der Waals surface area contributed by atoms with Crippen molar-refractivity contribution < 1.29 is 9.59 Å². The Morgan fingerprint density at radius 1 is 1.06 bits per heavy atom. The van der Waals surface area contributed by atoms with E-state index >= 15 is 0 Å². The molecule has 3 heterocycles. The van der Waals surface area contributed by atoms with Crippen molar-refractivity contribution in [3.8, 4) is 11.1 Å². The topological polar surface area (TPSA) is 147 Å². The fourth-order valence-electron chi connectivity index (χ4n) is 3.45. The first-order chi connectivity index (χ1) is 15.6.